The minimum Gasteiger partial charge on any atom is -0.496 e. The molecule has 120 valence electrons. The highest BCUT2D eigenvalue weighted by atomic mass is 79.9. The van der Waals surface area contributed by atoms with E-state index in [0.29, 0.717) is 0 Å². The highest BCUT2D eigenvalue weighted by molar-refractivity contribution is 9.10. The molecule has 1 aromatic heterocycles. The van der Waals surface area contributed by atoms with Crippen LogP contribution in [-0.4, -0.2) is 12.1 Å². The van der Waals surface area contributed by atoms with Gasteiger partial charge in [0, 0.05) is 17.1 Å². The van der Waals surface area contributed by atoms with E-state index in [1.54, 1.807) is 7.11 Å². The Hall–Kier alpha value is -2.53. The predicted molar refractivity (Wildman–Crippen MR) is 100 cm³/mol. The second-order valence-corrected chi connectivity index (χ2v) is 6.53. The van der Waals surface area contributed by atoms with E-state index in [9.17, 15) is 0 Å². The Morgan fingerprint density at radius 3 is 2.83 bits per heavy atom. The van der Waals surface area contributed by atoms with E-state index >= 15 is 0 Å². The molecule has 1 atom stereocenters. The lowest BCUT2D eigenvalue weighted by molar-refractivity contribution is 0.412. The van der Waals surface area contributed by atoms with Crippen LogP contribution in [-0.2, 0) is 0 Å². The van der Waals surface area contributed by atoms with Crippen LogP contribution in [0.4, 0.5) is 5.69 Å². The lowest BCUT2D eigenvalue weighted by Crippen LogP contribution is -2.31. The molecule has 0 saturated heterocycles. The normalized spacial score (nSPS) is 16.2. The third-order valence-corrected chi connectivity index (χ3v) is 4.84. The van der Waals surface area contributed by atoms with E-state index in [1.165, 1.54) is 0 Å². The van der Waals surface area contributed by atoms with E-state index in [1.807, 2.05) is 30.5 Å². The molecule has 4 nitrogen and oxygen atoms in total. The van der Waals surface area contributed by atoms with Crippen LogP contribution in [0.25, 0.3) is 10.9 Å². The van der Waals surface area contributed by atoms with Gasteiger partial charge in [0.15, 0.2) is 0 Å². The molecule has 0 fully saturated rings. The third-order valence-electron chi connectivity index (χ3n) is 4.22. The molecule has 0 bridgehead atoms. The summed E-state index contributed by atoms with van der Waals surface area (Å²) in [5, 5.41) is 7.86. The summed E-state index contributed by atoms with van der Waals surface area (Å²) in [6.07, 6.45) is 1.92. The maximum Gasteiger partial charge on any atom is 0.133 e. The van der Waals surface area contributed by atoms with E-state index in [-0.39, 0.29) is 6.04 Å². The Morgan fingerprint density at radius 1 is 1.21 bits per heavy atom. The molecular weight excluding hydrogens is 366 g/mol. The van der Waals surface area contributed by atoms with Gasteiger partial charge in [-0.15, -0.1) is 0 Å². The van der Waals surface area contributed by atoms with Crippen molar-refractivity contribution in [3.05, 3.63) is 76.7 Å². The fraction of sp³-hybridized carbons (Fsp3) is 0.105. The summed E-state index contributed by atoms with van der Waals surface area (Å²) in [5.74, 6) is 1.58. The van der Waals surface area contributed by atoms with E-state index < -0.39 is 0 Å². The highest BCUT2D eigenvalue weighted by Crippen LogP contribution is 2.39. The molecule has 0 aliphatic carbocycles. The van der Waals surface area contributed by atoms with Gasteiger partial charge in [0.1, 0.15) is 5.75 Å². The van der Waals surface area contributed by atoms with Crippen molar-refractivity contribution >= 4 is 32.5 Å². The van der Waals surface area contributed by atoms with Gasteiger partial charge < -0.3 is 15.4 Å². The molecule has 5 heteroatoms. The van der Waals surface area contributed by atoms with Gasteiger partial charge in [-0.2, -0.15) is 0 Å². The molecule has 0 saturated carbocycles. The average molecular weight is 382 g/mol. The molecule has 0 radical (unpaired) electrons. The van der Waals surface area contributed by atoms with Crippen molar-refractivity contribution in [3.8, 4) is 5.75 Å². The number of benzene rings is 2. The Kier molecular flexibility index (Phi) is 3.65. The van der Waals surface area contributed by atoms with Crippen molar-refractivity contribution in [2.45, 2.75) is 6.04 Å². The van der Waals surface area contributed by atoms with Crippen LogP contribution in [0.15, 0.2) is 65.5 Å². The number of nitrogens with one attached hydrogen (secondary N) is 2. The number of para-hydroxylation sites is 1. The third kappa shape index (κ3) is 2.41. The summed E-state index contributed by atoms with van der Waals surface area (Å²) in [7, 11) is 1.66. The van der Waals surface area contributed by atoms with Crippen LogP contribution in [0.5, 0.6) is 5.75 Å². The van der Waals surface area contributed by atoms with E-state index in [2.05, 4.69) is 56.3 Å². The second kappa shape index (κ2) is 5.83. The van der Waals surface area contributed by atoms with Gasteiger partial charge in [0.2, 0.25) is 0 Å². The lowest BCUT2D eigenvalue weighted by Gasteiger charge is -2.31. The van der Waals surface area contributed by atoms with Crippen LogP contribution in [0.1, 0.15) is 17.2 Å². The zero-order valence-electron chi connectivity index (χ0n) is 13.1. The highest BCUT2D eigenvalue weighted by Gasteiger charge is 2.25. The Morgan fingerprint density at radius 2 is 2.04 bits per heavy atom. The molecule has 3 aromatic rings. The zero-order chi connectivity index (χ0) is 16.7. The van der Waals surface area contributed by atoms with Crippen molar-refractivity contribution in [1.82, 2.24) is 10.3 Å². The number of pyridine rings is 1. The minimum atomic E-state index is -0.0203. The van der Waals surface area contributed by atoms with Gasteiger partial charge >= 0.3 is 0 Å². The van der Waals surface area contributed by atoms with E-state index in [0.717, 1.165) is 43.8 Å². The first-order valence-corrected chi connectivity index (χ1v) is 8.40. The molecule has 2 heterocycles. The second-order valence-electron chi connectivity index (χ2n) is 5.68. The number of nitrogens with zero attached hydrogens (tertiary/aromatic N) is 1. The molecule has 2 aromatic carbocycles. The molecule has 4 rings (SSSR count). The smallest absolute Gasteiger partial charge is 0.133 e. The quantitative estimate of drug-likeness (QED) is 0.681. The van der Waals surface area contributed by atoms with Crippen LogP contribution in [0.2, 0.25) is 0 Å². The van der Waals surface area contributed by atoms with Crippen LogP contribution >= 0.6 is 15.9 Å². The summed E-state index contributed by atoms with van der Waals surface area (Å²) in [5.41, 5.74) is 4.23. The molecule has 1 aliphatic rings. The number of rotatable bonds is 2. The standard InChI is InChI=1S/C19H16BrN3O/c1-11-22-18(12-7-8-17(24-2)15(20)9-12)14-10-21-16-6-4-3-5-13(16)19(14)23-11/h3-10,18,22-23H,1H2,2H3. The number of hydrogen-bond donors (Lipinski definition) is 2. The molecule has 0 amide bonds. The number of halogens is 1. The van der Waals surface area contributed by atoms with Crippen molar-refractivity contribution in [3.63, 3.8) is 0 Å². The molecule has 0 spiro atoms. The Bertz CT molecular complexity index is 954. The number of ether oxygens (including phenoxy) is 1. The summed E-state index contributed by atoms with van der Waals surface area (Å²) in [6, 6.07) is 14.2. The van der Waals surface area contributed by atoms with Crippen molar-refractivity contribution < 1.29 is 4.74 Å². The molecule has 24 heavy (non-hydrogen) atoms. The topological polar surface area (TPSA) is 46.2 Å². The van der Waals surface area contributed by atoms with Gasteiger partial charge in [-0.1, -0.05) is 30.8 Å². The van der Waals surface area contributed by atoms with Crippen LogP contribution in [0, 0.1) is 0 Å². The zero-order valence-corrected chi connectivity index (χ0v) is 14.7. The molecule has 1 unspecified atom stereocenters. The summed E-state index contributed by atoms with van der Waals surface area (Å²) >= 11 is 3.56. The van der Waals surface area contributed by atoms with E-state index in [4.69, 9.17) is 4.74 Å². The average Bonchev–Trinajstić information content (AvgIpc) is 2.61. The maximum absolute atomic E-state index is 5.33. The Labute approximate surface area is 148 Å². The summed E-state index contributed by atoms with van der Waals surface area (Å²) < 4.78 is 6.25. The lowest BCUT2D eigenvalue weighted by atomic mass is 9.95. The number of hydrogen-bond acceptors (Lipinski definition) is 4. The van der Waals surface area contributed by atoms with Crippen molar-refractivity contribution in [2.75, 3.05) is 12.4 Å². The van der Waals surface area contributed by atoms with Gasteiger partial charge in [0.25, 0.3) is 0 Å². The summed E-state index contributed by atoms with van der Waals surface area (Å²) in [4.78, 5) is 4.61. The maximum atomic E-state index is 5.33. The van der Waals surface area contributed by atoms with Gasteiger partial charge in [0.05, 0.1) is 34.6 Å². The monoisotopic (exact) mass is 381 g/mol. The number of fused-ring (bicyclic) bond motifs is 3. The molecule has 2 N–H and O–H groups in total. The van der Waals surface area contributed by atoms with Crippen molar-refractivity contribution in [1.29, 1.82) is 0 Å². The number of methoxy groups -OCH3 is 1. The fourth-order valence-corrected chi connectivity index (χ4v) is 3.64. The van der Waals surface area contributed by atoms with Crippen LogP contribution in [0.3, 0.4) is 0 Å². The van der Waals surface area contributed by atoms with Crippen LogP contribution < -0.4 is 15.4 Å². The van der Waals surface area contributed by atoms with Gasteiger partial charge in [-0.05, 0) is 39.7 Å². The minimum absolute atomic E-state index is 0.0203. The largest absolute Gasteiger partial charge is 0.496 e. The summed E-state index contributed by atoms with van der Waals surface area (Å²) in [6.45, 7) is 4.07. The molecule has 1 aliphatic heterocycles. The molecular formula is C19H16BrN3O. The van der Waals surface area contributed by atoms with Gasteiger partial charge in [-0.3, -0.25) is 4.98 Å². The number of aromatic nitrogens is 1. The number of anilines is 1. The van der Waals surface area contributed by atoms with Crippen molar-refractivity contribution in [2.24, 2.45) is 0 Å². The first-order valence-electron chi connectivity index (χ1n) is 7.61. The predicted octanol–water partition coefficient (Wildman–Crippen LogP) is 4.58. The fourth-order valence-electron chi connectivity index (χ4n) is 3.08. The Balaban J connectivity index is 1.89. The SMILES string of the molecule is C=C1Nc2c(cnc3ccccc23)C(c2ccc(OC)c(Br)c2)N1. The first-order chi connectivity index (χ1) is 11.7. The first kappa shape index (κ1) is 15.0. The van der Waals surface area contributed by atoms with Gasteiger partial charge in [-0.25, -0.2) is 0 Å².